The summed E-state index contributed by atoms with van der Waals surface area (Å²) in [5.74, 6) is -0.466. The summed E-state index contributed by atoms with van der Waals surface area (Å²) in [4.78, 5) is 24.2. The smallest absolute Gasteiger partial charge is 0.270 e. The predicted molar refractivity (Wildman–Crippen MR) is 88.9 cm³/mol. The minimum atomic E-state index is -0.325. The van der Waals surface area contributed by atoms with Crippen molar-refractivity contribution in [1.29, 1.82) is 0 Å². The topological polar surface area (TPSA) is 88.9 Å². The lowest BCUT2D eigenvalue weighted by atomic mass is 10.1. The number of anilines is 1. The molecular weight excluding hydrogens is 306 g/mol. The fourth-order valence-corrected chi connectivity index (χ4v) is 2.16. The molecule has 0 radical (unpaired) electrons. The van der Waals surface area contributed by atoms with Crippen LogP contribution in [0.2, 0.25) is 0 Å². The van der Waals surface area contributed by atoms with Crippen LogP contribution in [0.3, 0.4) is 0 Å². The highest BCUT2D eigenvalue weighted by Crippen LogP contribution is 2.12. The molecule has 0 atom stereocenters. The average molecular weight is 321 g/mol. The van der Waals surface area contributed by atoms with Crippen LogP contribution >= 0.6 is 0 Å². The molecule has 0 aliphatic rings. The first-order valence-electron chi connectivity index (χ1n) is 7.30. The Hall–Kier alpha value is -3.48. The molecule has 3 rings (SSSR count). The molecule has 2 aromatic carbocycles. The zero-order valence-electron chi connectivity index (χ0n) is 12.7. The van der Waals surface area contributed by atoms with Gasteiger partial charge < -0.3 is 5.32 Å². The highest BCUT2D eigenvalue weighted by atomic mass is 16.2. The summed E-state index contributed by atoms with van der Waals surface area (Å²) >= 11 is 0. The van der Waals surface area contributed by atoms with Crippen molar-refractivity contribution in [3.63, 3.8) is 0 Å². The molecule has 24 heavy (non-hydrogen) atoms. The summed E-state index contributed by atoms with van der Waals surface area (Å²) in [5, 5.41) is 10.0. The van der Waals surface area contributed by atoms with Crippen molar-refractivity contribution in [2.75, 3.05) is 10.7 Å². The van der Waals surface area contributed by atoms with Crippen LogP contribution < -0.4 is 10.7 Å². The largest absolute Gasteiger partial charge is 0.326 e. The highest BCUT2D eigenvalue weighted by molar-refractivity contribution is 6.01. The maximum absolute atomic E-state index is 12.1. The normalized spacial score (nSPS) is 10.2. The van der Waals surface area contributed by atoms with Crippen LogP contribution in [0.25, 0.3) is 0 Å². The Morgan fingerprint density at radius 3 is 2.46 bits per heavy atom. The molecule has 0 aliphatic heterocycles. The lowest BCUT2D eigenvalue weighted by Gasteiger charge is -2.08. The van der Waals surface area contributed by atoms with Crippen LogP contribution in [-0.4, -0.2) is 26.7 Å². The van der Waals surface area contributed by atoms with Crippen molar-refractivity contribution in [2.45, 2.75) is 6.42 Å². The molecule has 7 nitrogen and oxygen atoms in total. The minimum Gasteiger partial charge on any atom is -0.326 e. The van der Waals surface area contributed by atoms with Crippen molar-refractivity contribution in [2.24, 2.45) is 0 Å². The number of hydrogen-bond donors (Lipinski definition) is 2. The standard InChI is InChI=1S/C17H15N5O2/c23-16(9-13-5-2-1-3-6-13)20-15-8-4-7-14(10-15)17(24)21-22-11-18-19-12-22/h1-8,10-12H,9H2,(H,20,23)(H,21,24). The van der Waals surface area contributed by atoms with E-state index in [-0.39, 0.29) is 18.2 Å². The lowest BCUT2D eigenvalue weighted by molar-refractivity contribution is -0.115. The molecule has 3 aromatic rings. The monoisotopic (exact) mass is 321 g/mol. The van der Waals surface area contributed by atoms with Gasteiger partial charge in [-0.1, -0.05) is 36.4 Å². The molecule has 0 fully saturated rings. The Bertz CT molecular complexity index is 831. The zero-order chi connectivity index (χ0) is 16.8. The van der Waals surface area contributed by atoms with Crippen molar-refractivity contribution in [1.82, 2.24) is 14.9 Å². The van der Waals surface area contributed by atoms with E-state index >= 15 is 0 Å². The van der Waals surface area contributed by atoms with Gasteiger partial charge in [0.05, 0.1) is 6.42 Å². The fraction of sp³-hybridized carbons (Fsp3) is 0.0588. The van der Waals surface area contributed by atoms with Crippen LogP contribution in [0.15, 0.2) is 67.3 Å². The molecule has 2 amide bonds. The van der Waals surface area contributed by atoms with Crippen molar-refractivity contribution in [3.8, 4) is 0 Å². The van der Waals surface area contributed by atoms with Gasteiger partial charge in [0.15, 0.2) is 0 Å². The quantitative estimate of drug-likeness (QED) is 0.750. The van der Waals surface area contributed by atoms with Gasteiger partial charge in [-0.25, -0.2) is 4.68 Å². The van der Waals surface area contributed by atoms with Gasteiger partial charge in [0.1, 0.15) is 12.7 Å². The molecule has 1 heterocycles. The fourth-order valence-electron chi connectivity index (χ4n) is 2.16. The molecule has 0 saturated heterocycles. The second kappa shape index (κ2) is 7.19. The van der Waals surface area contributed by atoms with Crippen LogP contribution in [-0.2, 0) is 11.2 Å². The van der Waals surface area contributed by atoms with Gasteiger partial charge in [0, 0.05) is 11.3 Å². The SMILES string of the molecule is O=C(Cc1ccccc1)Nc1cccc(C(=O)Nn2cnnc2)c1. The van der Waals surface area contributed by atoms with E-state index in [0.29, 0.717) is 11.3 Å². The Morgan fingerprint density at radius 2 is 1.71 bits per heavy atom. The number of hydrogen-bond acceptors (Lipinski definition) is 4. The molecule has 0 bridgehead atoms. The molecule has 120 valence electrons. The van der Waals surface area contributed by atoms with Crippen LogP contribution in [0.4, 0.5) is 5.69 Å². The molecule has 7 heteroatoms. The van der Waals surface area contributed by atoms with Gasteiger partial charge in [-0.15, -0.1) is 10.2 Å². The summed E-state index contributed by atoms with van der Waals surface area (Å²) in [6.45, 7) is 0. The molecule has 0 spiro atoms. The number of rotatable bonds is 5. The van der Waals surface area contributed by atoms with E-state index in [1.54, 1.807) is 24.3 Å². The third-order valence-corrected chi connectivity index (χ3v) is 3.27. The number of amides is 2. The van der Waals surface area contributed by atoms with Gasteiger partial charge in [0.25, 0.3) is 5.91 Å². The van der Waals surface area contributed by atoms with Crippen molar-refractivity contribution >= 4 is 17.5 Å². The molecular formula is C17H15N5O2. The number of carbonyl (C=O) groups is 2. The zero-order valence-corrected chi connectivity index (χ0v) is 12.7. The van der Waals surface area contributed by atoms with Crippen molar-refractivity contribution in [3.05, 3.63) is 78.4 Å². The second-order valence-corrected chi connectivity index (χ2v) is 5.10. The van der Waals surface area contributed by atoms with Gasteiger partial charge in [-0.3, -0.25) is 15.0 Å². The van der Waals surface area contributed by atoms with Gasteiger partial charge in [-0.2, -0.15) is 0 Å². The number of nitrogens with zero attached hydrogens (tertiary/aromatic N) is 3. The average Bonchev–Trinajstić information content (AvgIpc) is 3.09. The summed E-state index contributed by atoms with van der Waals surface area (Å²) in [6, 6.07) is 16.2. The van der Waals surface area contributed by atoms with E-state index < -0.39 is 0 Å². The number of aromatic nitrogens is 3. The van der Waals surface area contributed by atoms with Gasteiger partial charge >= 0.3 is 0 Å². The first-order chi connectivity index (χ1) is 11.7. The molecule has 1 aromatic heterocycles. The van der Waals surface area contributed by atoms with Gasteiger partial charge in [0.2, 0.25) is 5.91 Å². The molecule has 2 N–H and O–H groups in total. The third-order valence-electron chi connectivity index (χ3n) is 3.27. The van der Waals surface area contributed by atoms with E-state index in [1.807, 2.05) is 30.3 Å². The predicted octanol–water partition coefficient (Wildman–Crippen LogP) is 1.84. The van der Waals surface area contributed by atoms with Gasteiger partial charge in [-0.05, 0) is 23.8 Å². The second-order valence-electron chi connectivity index (χ2n) is 5.10. The Balaban J connectivity index is 1.64. The number of benzene rings is 2. The van der Waals surface area contributed by atoms with E-state index in [1.165, 1.54) is 17.3 Å². The van der Waals surface area contributed by atoms with E-state index in [4.69, 9.17) is 0 Å². The minimum absolute atomic E-state index is 0.141. The Labute approximate surface area is 138 Å². The summed E-state index contributed by atoms with van der Waals surface area (Å²) < 4.78 is 1.35. The molecule has 0 unspecified atom stereocenters. The van der Waals surface area contributed by atoms with E-state index in [0.717, 1.165) is 5.56 Å². The Kier molecular flexibility index (Phi) is 4.62. The number of nitrogens with one attached hydrogen (secondary N) is 2. The highest BCUT2D eigenvalue weighted by Gasteiger charge is 2.09. The Morgan fingerprint density at radius 1 is 0.958 bits per heavy atom. The van der Waals surface area contributed by atoms with Crippen molar-refractivity contribution < 1.29 is 9.59 Å². The maximum Gasteiger partial charge on any atom is 0.270 e. The van der Waals surface area contributed by atoms with Crippen LogP contribution in [0, 0.1) is 0 Å². The summed E-state index contributed by atoms with van der Waals surface area (Å²) in [5.41, 5.74) is 4.51. The lowest BCUT2D eigenvalue weighted by Crippen LogP contribution is -2.22. The first kappa shape index (κ1) is 15.4. The van der Waals surface area contributed by atoms with Crippen LogP contribution in [0.1, 0.15) is 15.9 Å². The maximum atomic E-state index is 12.1. The number of carbonyl (C=O) groups excluding carboxylic acids is 2. The molecule has 0 aliphatic carbocycles. The van der Waals surface area contributed by atoms with E-state index in [9.17, 15) is 9.59 Å². The first-order valence-corrected chi connectivity index (χ1v) is 7.30. The van der Waals surface area contributed by atoms with E-state index in [2.05, 4.69) is 20.9 Å². The summed E-state index contributed by atoms with van der Waals surface area (Å²) in [6.07, 6.45) is 3.03. The van der Waals surface area contributed by atoms with Crippen LogP contribution in [0.5, 0.6) is 0 Å². The third kappa shape index (κ3) is 4.04. The summed E-state index contributed by atoms with van der Waals surface area (Å²) in [7, 11) is 0. The molecule has 0 saturated carbocycles.